The number of hydrogen-bond donors (Lipinski definition) is 0. The molecule has 2 amide bonds. The van der Waals surface area contributed by atoms with Crippen LogP contribution >= 0.6 is 0 Å². The largest absolute Gasteiger partial charge is 0.484 e. The van der Waals surface area contributed by atoms with E-state index in [9.17, 15) is 18.4 Å². The molecule has 0 aliphatic carbocycles. The van der Waals surface area contributed by atoms with Gasteiger partial charge in [0.2, 0.25) is 0 Å². The molecule has 1 aromatic heterocycles. The molecule has 3 aromatic rings. The quantitative estimate of drug-likeness (QED) is 0.508. The van der Waals surface area contributed by atoms with E-state index in [1.165, 1.54) is 23.1 Å². The van der Waals surface area contributed by atoms with E-state index < -0.39 is 12.5 Å². The minimum atomic E-state index is -3.04. The smallest absolute Gasteiger partial charge is 0.387 e. The third-order valence-electron chi connectivity index (χ3n) is 5.44. The van der Waals surface area contributed by atoms with Crippen molar-refractivity contribution < 1.29 is 32.3 Å². The van der Waals surface area contributed by atoms with Crippen LogP contribution in [0.3, 0.4) is 0 Å². The first-order valence-corrected chi connectivity index (χ1v) is 10.8. The van der Waals surface area contributed by atoms with Crippen molar-refractivity contribution in [2.75, 3.05) is 26.2 Å². The third-order valence-corrected chi connectivity index (χ3v) is 5.44. The highest BCUT2D eigenvalue weighted by molar-refractivity contribution is 5.97. The molecular weight excluding hydrogens is 460 g/mol. The lowest BCUT2D eigenvalue weighted by Gasteiger charge is -2.34. The molecule has 10 heteroatoms. The maximum atomic E-state index is 12.9. The van der Waals surface area contributed by atoms with E-state index in [1.807, 2.05) is 6.07 Å². The Hall–Kier alpha value is -4.39. The summed E-state index contributed by atoms with van der Waals surface area (Å²) < 4.78 is 41.0. The maximum absolute atomic E-state index is 12.9. The average molecular weight is 481 g/mol. The van der Waals surface area contributed by atoms with E-state index in [0.717, 1.165) is 0 Å². The van der Waals surface area contributed by atoms with Gasteiger partial charge in [-0.15, -0.1) is 0 Å². The van der Waals surface area contributed by atoms with E-state index >= 15 is 0 Å². The number of nitriles is 1. The lowest BCUT2D eigenvalue weighted by Crippen LogP contribution is -2.50. The summed E-state index contributed by atoms with van der Waals surface area (Å²) >= 11 is 0. The van der Waals surface area contributed by atoms with Crippen LogP contribution in [0.2, 0.25) is 0 Å². The minimum absolute atomic E-state index is 0.0428. The monoisotopic (exact) mass is 481 g/mol. The van der Waals surface area contributed by atoms with Gasteiger partial charge in [-0.3, -0.25) is 9.59 Å². The molecule has 2 heterocycles. The second kappa shape index (κ2) is 10.7. The van der Waals surface area contributed by atoms with Crippen LogP contribution in [0.15, 0.2) is 65.1 Å². The minimum Gasteiger partial charge on any atom is -0.484 e. The number of alkyl halides is 2. The van der Waals surface area contributed by atoms with Gasteiger partial charge in [0.15, 0.2) is 5.76 Å². The number of furan rings is 1. The van der Waals surface area contributed by atoms with Crippen molar-refractivity contribution in [2.45, 2.75) is 13.2 Å². The van der Waals surface area contributed by atoms with Crippen LogP contribution < -0.4 is 9.47 Å². The molecule has 0 saturated carbocycles. The summed E-state index contributed by atoms with van der Waals surface area (Å²) in [6, 6.07) is 17.8. The molecule has 0 unspecified atom stereocenters. The number of halogens is 2. The molecule has 0 N–H and O–H groups in total. The van der Waals surface area contributed by atoms with Crippen LogP contribution in [0.5, 0.6) is 11.5 Å². The van der Waals surface area contributed by atoms with Crippen LogP contribution in [0.25, 0.3) is 0 Å². The summed E-state index contributed by atoms with van der Waals surface area (Å²) in [4.78, 5) is 28.7. The summed E-state index contributed by atoms with van der Waals surface area (Å²) in [6.45, 7) is -2.02. The number of benzene rings is 2. The first-order chi connectivity index (χ1) is 17.0. The number of carbonyl (C=O) groups excluding carboxylic acids is 2. The molecule has 1 aliphatic rings. The highest BCUT2D eigenvalue weighted by Gasteiger charge is 2.28. The van der Waals surface area contributed by atoms with E-state index in [4.69, 9.17) is 14.4 Å². The van der Waals surface area contributed by atoms with Gasteiger partial charge in [-0.2, -0.15) is 14.0 Å². The fourth-order valence-electron chi connectivity index (χ4n) is 3.69. The Labute approximate surface area is 199 Å². The summed E-state index contributed by atoms with van der Waals surface area (Å²) in [5, 5.41) is 9.14. The SMILES string of the molecule is N#Cc1ccccc1OCc1ccc(C(=O)N2CCN(C(=O)c3ccccc3OC(F)F)CC2)o1. The number of carbonyl (C=O) groups is 2. The molecule has 4 rings (SSSR count). The number of hydrogen-bond acceptors (Lipinski definition) is 6. The second-order valence-corrected chi connectivity index (χ2v) is 7.62. The normalized spacial score (nSPS) is 13.4. The predicted octanol–water partition coefficient (Wildman–Crippen LogP) is 3.93. The van der Waals surface area contributed by atoms with Crippen LogP contribution in [0, 0.1) is 11.3 Å². The molecule has 0 bridgehead atoms. The van der Waals surface area contributed by atoms with Gasteiger partial charge in [-0.1, -0.05) is 24.3 Å². The standard InChI is InChI=1S/C25H21F2N3O5/c26-25(27)35-21-8-4-2-6-19(21)23(31)29-11-13-30(14-12-29)24(32)22-10-9-18(34-22)16-33-20-7-3-1-5-17(20)15-28/h1-10,25H,11-14,16H2. The van der Waals surface area contributed by atoms with Crippen molar-refractivity contribution in [3.63, 3.8) is 0 Å². The number of nitrogens with zero attached hydrogens (tertiary/aromatic N) is 3. The lowest BCUT2D eigenvalue weighted by atomic mass is 10.1. The molecule has 35 heavy (non-hydrogen) atoms. The Morgan fingerprint density at radius 1 is 0.914 bits per heavy atom. The Kier molecular flexibility index (Phi) is 7.26. The maximum Gasteiger partial charge on any atom is 0.387 e. The topological polar surface area (TPSA) is 96.0 Å². The number of rotatable bonds is 7. The predicted molar refractivity (Wildman–Crippen MR) is 119 cm³/mol. The Morgan fingerprint density at radius 3 is 2.23 bits per heavy atom. The van der Waals surface area contributed by atoms with E-state index in [0.29, 0.717) is 17.1 Å². The third kappa shape index (κ3) is 5.58. The molecule has 0 radical (unpaired) electrons. The number of para-hydroxylation sites is 2. The average Bonchev–Trinajstić information content (AvgIpc) is 3.36. The molecule has 2 aromatic carbocycles. The molecule has 1 saturated heterocycles. The summed E-state index contributed by atoms with van der Waals surface area (Å²) in [5.74, 6) is 0.0122. The van der Waals surface area contributed by atoms with E-state index in [1.54, 1.807) is 47.4 Å². The molecule has 0 spiro atoms. The van der Waals surface area contributed by atoms with Crippen LogP contribution in [-0.4, -0.2) is 54.4 Å². The molecule has 1 aliphatic heterocycles. The molecule has 180 valence electrons. The highest BCUT2D eigenvalue weighted by atomic mass is 19.3. The zero-order valence-corrected chi connectivity index (χ0v) is 18.5. The van der Waals surface area contributed by atoms with Gasteiger partial charge >= 0.3 is 6.61 Å². The first kappa shape index (κ1) is 23.8. The molecule has 8 nitrogen and oxygen atoms in total. The lowest BCUT2D eigenvalue weighted by molar-refractivity contribution is -0.0503. The highest BCUT2D eigenvalue weighted by Crippen LogP contribution is 2.23. The fraction of sp³-hybridized carbons (Fsp3) is 0.240. The Bertz CT molecular complexity index is 1250. The van der Waals surface area contributed by atoms with Gasteiger partial charge in [-0.05, 0) is 36.4 Å². The zero-order valence-electron chi connectivity index (χ0n) is 18.5. The van der Waals surface area contributed by atoms with Crippen LogP contribution in [0.1, 0.15) is 32.2 Å². The summed E-state index contributed by atoms with van der Waals surface area (Å²) in [7, 11) is 0. The molecule has 0 atom stereocenters. The van der Waals surface area contributed by atoms with Crippen molar-refractivity contribution in [3.8, 4) is 17.6 Å². The van der Waals surface area contributed by atoms with Crippen molar-refractivity contribution >= 4 is 11.8 Å². The fourth-order valence-corrected chi connectivity index (χ4v) is 3.69. The van der Waals surface area contributed by atoms with Gasteiger partial charge in [-0.25, -0.2) is 0 Å². The molecule has 1 fully saturated rings. The second-order valence-electron chi connectivity index (χ2n) is 7.62. The van der Waals surface area contributed by atoms with Gasteiger partial charge in [0.05, 0.1) is 11.1 Å². The number of ether oxygens (including phenoxy) is 2. The van der Waals surface area contributed by atoms with Crippen LogP contribution in [0.4, 0.5) is 8.78 Å². The van der Waals surface area contributed by atoms with Crippen molar-refractivity contribution in [2.24, 2.45) is 0 Å². The van der Waals surface area contributed by atoms with Crippen molar-refractivity contribution in [1.82, 2.24) is 9.80 Å². The summed E-state index contributed by atoms with van der Waals surface area (Å²) in [6.07, 6.45) is 0. The first-order valence-electron chi connectivity index (χ1n) is 10.8. The van der Waals surface area contributed by atoms with Crippen LogP contribution in [-0.2, 0) is 6.61 Å². The van der Waals surface area contributed by atoms with Crippen molar-refractivity contribution in [3.05, 3.63) is 83.3 Å². The number of piperazine rings is 1. The van der Waals surface area contributed by atoms with E-state index in [-0.39, 0.29) is 55.8 Å². The van der Waals surface area contributed by atoms with Crippen molar-refractivity contribution in [1.29, 1.82) is 5.26 Å². The van der Waals surface area contributed by atoms with Gasteiger partial charge < -0.3 is 23.7 Å². The van der Waals surface area contributed by atoms with Gasteiger partial charge in [0.1, 0.15) is 29.9 Å². The van der Waals surface area contributed by atoms with Gasteiger partial charge in [0.25, 0.3) is 11.8 Å². The summed E-state index contributed by atoms with van der Waals surface area (Å²) in [5.41, 5.74) is 0.437. The van der Waals surface area contributed by atoms with Gasteiger partial charge in [0, 0.05) is 26.2 Å². The molecular formula is C25H21F2N3O5. The Balaban J connectivity index is 1.33. The number of amides is 2. The Morgan fingerprint density at radius 2 is 1.54 bits per heavy atom. The zero-order chi connectivity index (χ0) is 24.8. The van der Waals surface area contributed by atoms with E-state index in [2.05, 4.69) is 4.74 Å².